The minimum atomic E-state index is -0.523. The summed E-state index contributed by atoms with van der Waals surface area (Å²) in [6.07, 6.45) is 0. The second-order valence-electron chi connectivity index (χ2n) is 4.12. The first-order valence-corrected chi connectivity index (χ1v) is 6.05. The number of anilines is 2. The zero-order valence-corrected chi connectivity index (χ0v) is 11.2. The predicted octanol–water partition coefficient (Wildman–Crippen LogP) is 3.25. The number of methoxy groups -OCH3 is 1. The van der Waals surface area contributed by atoms with Gasteiger partial charge in [0.25, 0.3) is 5.69 Å². The number of benzene rings is 2. The van der Waals surface area contributed by atoms with Crippen molar-refractivity contribution in [2.45, 2.75) is 0 Å². The Hall–Kier alpha value is -3.09. The van der Waals surface area contributed by atoms with Crippen molar-refractivity contribution in [3.05, 3.63) is 58.6 Å². The molecule has 0 aliphatic heterocycles. The van der Waals surface area contributed by atoms with Gasteiger partial charge in [-0.15, -0.1) is 0 Å². The Morgan fingerprint density at radius 1 is 1.10 bits per heavy atom. The largest absolute Gasteiger partial charge is 0.497 e. The Bertz CT molecular complexity index is 673. The van der Waals surface area contributed by atoms with Crippen molar-refractivity contribution in [3.8, 4) is 5.75 Å². The van der Waals surface area contributed by atoms with Gasteiger partial charge >= 0.3 is 6.03 Å². The Balaban J connectivity index is 2.04. The molecular weight excluding hydrogens is 274 g/mol. The van der Waals surface area contributed by atoms with Crippen LogP contribution in [0.3, 0.4) is 0 Å². The predicted molar refractivity (Wildman–Crippen MR) is 78.7 cm³/mol. The van der Waals surface area contributed by atoms with Crippen molar-refractivity contribution < 1.29 is 14.5 Å². The van der Waals surface area contributed by atoms with Crippen molar-refractivity contribution >= 4 is 23.1 Å². The van der Waals surface area contributed by atoms with Crippen LogP contribution in [0, 0.1) is 10.1 Å². The van der Waals surface area contributed by atoms with E-state index in [1.807, 2.05) is 0 Å². The molecule has 7 heteroatoms. The first kappa shape index (κ1) is 14.3. The molecule has 0 saturated carbocycles. The molecule has 2 amide bonds. The lowest BCUT2D eigenvalue weighted by Gasteiger charge is -2.08. The fourth-order valence-corrected chi connectivity index (χ4v) is 1.69. The lowest BCUT2D eigenvalue weighted by Crippen LogP contribution is -2.19. The summed E-state index contributed by atoms with van der Waals surface area (Å²) in [5, 5.41) is 15.8. The maximum atomic E-state index is 11.8. The van der Waals surface area contributed by atoms with Crippen molar-refractivity contribution in [1.82, 2.24) is 0 Å². The number of ether oxygens (including phenoxy) is 1. The molecule has 0 saturated heterocycles. The van der Waals surface area contributed by atoms with Crippen LogP contribution in [0.1, 0.15) is 0 Å². The summed E-state index contributed by atoms with van der Waals surface area (Å²) in [7, 11) is 1.53. The minimum absolute atomic E-state index is 0.0887. The van der Waals surface area contributed by atoms with Crippen LogP contribution in [-0.2, 0) is 0 Å². The zero-order chi connectivity index (χ0) is 15.2. The summed E-state index contributed by atoms with van der Waals surface area (Å²) in [6, 6.07) is 12.1. The van der Waals surface area contributed by atoms with Gasteiger partial charge in [-0.05, 0) is 18.2 Å². The van der Waals surface area contributed by atoms with Crippen LogP contribution in [-0.4, -0.2) is 18.1 Å². The third kappa shape index (κ3) is 3.93. The minimum Gasteiger partial charge on any atom is -0.497 e. The van der Waals surface area contributed by atoms with Gasteiger partial charge in [0.05, 0.1) is 12.0 Å². The number of non-ortho nitro benzene ring substituents is 1. The van der Waals surface area contributed by atoms with Crippen LogP contribution in [0.2, 0.25) is 0 Å². The van der Waals surface area contributed by atoms with Gasteiger partial charge in [-0.25, -0.2) is 4.79 Å². The molecule has 21 heavy (non-hydrogen) atoms. The lowest BCUT2D eigenvalue weighted by molar-refractivity contribution is -0.384. The number of hydrogen-bond acceptors (Lipinski definition) is 4. The molecule has 0 aromatic heterocycles. The molecule has 0 fully saturated rings. The fourth-order valence-electron chi connectivity index (χ4n) is 1.69. The van der Waals surface area contributed by atoms with Gasteiger partial charge in [-0.1, -0.05) is 12.1 Å². The average molecular weight is 287 g/mol. The van der Waals surface area contributed by atoms with E-state index in [4.69, 9.17) is 4.74 Å². The molecule has 2 rings (SSSR count). The van der Waals surface area contributed by atoms with Crippen LogP contribution < -0.4 is 15.4 Å². The van der Waals surface area contributed by atoms with E-state index in [9.17, 15) is 14.9 Å². The van der Waals surface area contributed by atoms with E-state index in [1.165, 1.54) is 25.3 Å². The molecule has 0 aliphatic carbocycles. The molecule has 0 atom stereocenters. The molecule has 0 radical (unpaired) electrons. The van der Waals surface area contributed by atoms with E-state index in [0.29, 0.717) is 17.1 Å². The van der Waals surface area contributed by atoms with Crippen LogP contribution in [0.25, 0.3) is 0 Å². The first-order chi connectivity index (χ1) is 10.1. The van der Waals surface area contributed by atoms with Gasteiger partial charge in [-0.3, -0.25) is 10.1 Å². The summed E-state index contributed by atoms with van der Waals surface area (Å²) < 4.78 is 5.05. The molecular formula is C14H13N3O4. The molecule has 108 valence electrons. The standard InChI is InChI=1S/C14H13N3O4/c1-21-13-7-3-5-11(9-13)16-14(18)15-10-4-2-6-12(8-10)17(19)20/h2-9H,1H3,(H2,15,16,18). The molecule has 0 spiro atoms. The number of hydrogen-bond donors (Lipinski definition) is 2. The first-order valence-electron chi connectivity index (χ1n) is 6.05. The Morgan fingerprint density at radius 3 is 2.33 bits per heavy atom. The Labute approximate surface area is 120 Å². The summed E-state index contributed by atoms with van der Waals surface area (Å²) in [5.41, 5.74) is 0.802. The monoisotopic (exact) mass is 287 g/mol. The van der Waals surface area contributed by atoms with Crippen LogP contribution >= 0.6 is 0 Å². The van der Waals surface area contributed by atoms with Crippen molar-refractivity contribution in [3.63, 3.8) is 0 Å². The Kier molecular flexibility index (Phi) is 4.35. The number of rotatable bonds is 4. The van der Waals surface area contributed by atoms with E-state index in [0.717, 1.165) is 0 Å². The molecule has 7 nitrogen and oxygen atoms in total. The number of carbonyl (C=O) groups is 1. The number of amides is 2. The van der Waals surface area contributed by atoms with Gasteiger partial charge in [0.2, 0.25) is 0 Å². The van der Waals surface area contributed by atoms with Crippen LogP contribution in [0.4, 0.5) is 21.9 Å². The number of carbonyl (C=O) groups excluding carboxylic acids is 1. The number of nitrogens with zero attached hydrogens (tertiary/aromatic N) is 1. The third-order valence-electron chi connectivity index (χ3n) is 2.64. The molecule has 2 aromatic rings. The second-order valence-corrected chi connectivity index (χ2v) is 4.12. The highest BCUT2D eigenvalue weighted by Gasteiger charge is 2.08. The molecule has 0 aliphatic rings. The van der Waals surface area contributed by atoms with Crippen LogP contribution in [0.5, 0.6) is 5.75 Å². The van der Waals surface area contributed by atoms with E-state index in [1.54, 1.807) is 30.3 Å². The number of urea groups is 1. The maximum absolute atomic E-state index is 11.8. The SMILES string of the molecule is COc1cccc(NC(=O)Nc2cccc([N+](=O)[O-])c2)c1. The smallest absolute Gasteiger partial charge is 0.323 e. The Morgan fingerprint density at radius 2 is 1.71 bits per heavy atom. The highest BCUT2D eigenvalue weighted by atomic mass is 16.6. The van der Waals surface area contributed by atoms with Gasteiger partial charge in [0, 0.05) is 29.6 Å². The molecule has 0 unspecified atom stereocenters. The van der Waals surface area contributed by atoms with Gasteiger partial charge in [0.15, 0.2) is 0 Å². The second kappa shape index (κ2) is 6.38. The fraction of sp³-hybridized carbons (Fsp3) is 0.0714. The number of nitrogens with one attached hydrogen (secondary N) is 2. The zero-order valence-electron chi connectivity index (χ0n) is 11.2. The molecule has 2 N–H and O–H groups in total. The lowest BCUT2D eigenvalue weighted by atomic mass is 10.3. The normalized spacial score (nSPS) is 9.76. The quantitative estimate of drug-likeness (QED) is 0.666. The van der Waals surface area contributed by atoms with Gasteiger partial charge in [0.1, 0.15) is 5.75 Å². The summed E-state index contributed by atoms with van der Waals surface area (Å²) in [5.74, 6) is 0.614. The summed E-state index contributed by atoms with van der Waals surface area (Å²) >= 11 is 0. The maximum Gasteiger partial charge on any atom is 0.323 e. The number of nitro groups is 1. The molecule has 0 heterocycles. The molecule has 2 aromatic carbocycles. The van der Waals surface area contributed by atoms with E-state index >= 15 is 0 Å². The van der Waals surface area contributed by atoms with Gasteiger partial charge < -0.3 is 15.4 Å². The highest BCUT2D eigenvalue weighted by Crippen LogP contribution is 2.19. The van der Waals surface area contributed by atoms with Crippen LogP contribution in [0.15, 0.2) is 48.5 Å². The van der Waals surface area contributed by atoms with E-state index < -0.39 is 11.0 Å². The van der Waals surface area contributed by atoms with E-state index in [-0.39, 0.29) is 5.69 Å². The van der Waals surface area contributed by atoms with Crippen molar-refractivity contribution in [2.24, 2.45) is 0 Å². The molecule has 0 bridgehead atoms. The number of nitro benzene ring substituents is 1. The van der Waals surface area contributed by atoms with Crippen molar-refractivity contribution in [1.29, 1.82) is 0 Å². The topological polar surface area (TPSA) is 93.5 Å². The third-order valence-corrected chi connectivity index (χ3v) is 2.64. The van der Waals surface area contributed by atoms with Crippen molar-refractivity contribution in [2.75, 3.05) is 17.7 Å². The van der Waals surface area contributed by atoms with Gasteiger partial charge in [-0.2, -0.15) is 0 Å². The average Bonchev–Trinajstić information content (AvgIpc) is 2.47. The van der Waals surface area contributed by atoms with E-state index in [2.05, 4.69) is 10.6 Å². The summed E-state index contributed by atoms with van der Waals surface area (Å²) in [4.78, 5) is 22.0. The highest BCUT2D eigenvalue weighted by molar-refractivity contribution is 6.00. The summed E-state index contributed by atoms with van der Waals surface area (Å²) in [6.45, 7) is 0.